The SMILES string of the molecule is C.CC[C@H](C)[C@@H]([C@@H](CC(=O)N1CCC[C@H]1[C@H](OC)[C@@H](C)C(=O)N[C@H](C)[C@@H](O)c1ccccc1)OC)N(C)C(=O)[C@@H](C)C(C)C.CC[C@H](C)[C@@H]([C@@H](CC(=O)O)OC)N(C)C(=O)[C@@H](CC(=O)OCC1c2ccccc2-c2ccccc21)C(C)C.CO[C@@H]([C@@H]1CCCN1)[C@@H](C)C(=O)C[C@H](C)[C@@H](O)c1ccccc1. The lowest BCUT2D eigenvalue weighted by molar-refractivity contribution is -0.153. The first-order chi connectivity index (χ1) is 49.4. The molecular weight excluding hydrogens is 1330 g/mol. The van der Waals surface area contributed by atoms with Crippen molar-refractivity contribution >= 4 is 41.4 Å². The summed E-state index contributed by atoms with van der Waals surface area (Å²) in [4.78, 5) is 96.6. The molecule has 0 bridgehead atoms. The summed E-state index contributed by atoms with van der Waals surface area (Å²) >= 11 is 0. The van der Waals surface area contributed by atoms with Gasteiger partial charge in [-0.25, -0.2) is 0 Å². The molecule has 4 aromatic rings. The second-order valence-corrected chi connectivity index (χ2v) is 30.1. The van der Waals surface area contributed by atoms with Crippen LogP contribution in [0, 0.1) is 53.3 Å². The maximum absolute atomic E-state index is 13.9. The topological polar surface area (TPSA) is 260 Å². The standard InChI is InChI=1S/C34H57N3O6.C31H41NO6.C19H29NO3.CH4/c1-11-22(4)30(36(8)34(41)23(5)21(2)3)28(42-9)20-29(38)37-19-15-18-27(37)32(43-10)24(6)33(40)35-25(7)31(39)26-16-13-12-14-17-26;1-7-20(4)30(27(37-6)17-28(33)34)32(5)31(36)25(19(2)3)16-29(35)38-18-26-23-14-10-8-12-21(23)22-13-9-11-15-24(22)26;1-13(18(22)15-8-5-4-6-9-15)12-17(21)14(2)19(23-3)16-10-7-11-20-16;/h12-14,16-17,21-25,27-28,30-32,39H,11,15,18-20H2,1-10H3,(H,35,40);8-15,19-20,25-27,30H,7,16-18H2,1-6H3,(H,33,34);4-6,8-9,13-14,16,18-20,22H,7,10-12H2,1-3H3;1H4/t22-,23-,24+,25+,27-,28+,30-,31+,32+;20-,25-,27+,30-;13-,14-,16-,18+,19+;/m000./s1. The monoisotopic (exact) mass is 1460 g/mol. The molecule has 0 aromatic heterocycles. The van der Waals surface area contributed by atoms with Crippen molar-refractivity contribution in [1.29, 1.82) is 0 Å². The van der Waals surface area contributed by atoms with E-state index < -0.39 is 66.4 Å². The summed E-state index contributed by atoms with van der Waals surface area (Å²) in [7, 11) is 9.83. The Labute approximate surface area is 628 Å². The van der Waals surface area contributed by atoms with Gasteiger partial charge in [-0.15, -0.1) is 0 Å². The molecule has 5 N–H and O–H groups in total. The number of carboxylic acids is 1. The van der Waals surface area contributed by atoms with Crippen LogP contribution in [0.5, 0.6) is 0 Å². The summed E-state index contributed by atoms with van der Waals surface area (Å²) in [6, 6.07) is 33.9. The minimum Gasteiger partial charge on any atom is -0.481 e. The van der Waals surface area contributed by atoms with E-state index in [1.807, 2.05) is 159 Å². The number of Topliss-reactive ketones (excluding diaryl/α,β-unsaturated/α-hetero) is 1. The number of ether oxygens (including phenoxy) is 5. The molecule has 2 fully saturated rings. The number of nitrogens with zero attached hydrogens (tertiary/aromatic N) is 3. The number of esters is 1. The number of carbonyl (C=O) groups is 7. The number of likely N-dealkylation sites (N-methyl/N-ethyl adjacent to an activating group) is 2. The number of hydrogen-bond acceptors (Lipinski definition) is 15. The molecule has 3 aliphatic rings. The number of hydrogen-bond donors (Lipinski definition) is 5. The zero-order chi connectivity index (χ0) is 77.2. The van der Waals surface area contributed by atoms with Gasteiger partial charge < -0.3 is 64.3 Å². The molecule has 0 unspecified atom stereocenters. The minimum absolute atomic E-state index is 0. The van der Waals surface area contributed by atoms with Crippen LogP contribution in [0.15, 0.2) is 109 Å². The van der Waals surface area contributed by atoms with Crippen LogP contribution in [0.3, 0.4) is 0 Å². The first-order valence-electron chi connectivity index (χ1n) is 38.0. The van der Waals surface area contributed by atoms with E-state index in [1.54, 1.807) is 52.0 Å². The number of likely N-dealkylation sites (tertiary alicyclic amines) is 1. The van der Waals surface area contributed by atoms with E-state index in [0.717, 1.165) is 78.5 Å². The quantitative estimate of drug-likeness (QED) is 0.0263. The van der Waals surface area contributed by atoms with Crippen LogP contribution in [-0.2, 0) is 57.2 Å². The number of benzene rings is 4. The van der Waals surface area contributed by atoms with Gasteiger partial charge in [0.2, 0.25) is 23.6 Å². The van der Waals surface area contributed by atoms with Crippen LogP contribution in [0.1, 0.15) is 202 Å². The van der Waals surface area contributed by atoms with Gasteiger partial charge in [0.1, 0.15) is 12.4 Å². The third-order valence-corrected chi connectivity index (χ3v) is 22.6. The number of carboxylic acid groups (broad SMARTS) is 1. The van der Waals surface area contributed by atoms with E-state index in [1.165, 1.54) is 7.11 Å². The van der Waals surface area contributed by atoms with Gasteiger partial charge in [-0.2, -0.15) is 0 Å². The Morgan fingerprint density at radius 3 is 1.52 bits per heavy atom. The molecule has 7 rings (SSSR count). The van der Waals surface area contributed by atoms with E-state index in [0.29, 0.717) is 13.0 Å². The lowest BCUT2D eigenvalue weighted by Crippen LogP contribution is -2.54. The van der Waals surface area contributed by atoms with Gasteiger partial charge in [-0.3, -0.25) is 33.6 Å². The van der Waals surface area contributed by atoms with Crippen molar-refractivity contribution in [3.8, 4) is 11.1 Å². The van der Waals surface area contributed by atoms with Crippen LogP contribution < -0.4 is 10.6 Å². The second-order valence-electron chi connectivity index (χ2n) is 30.1. The number of carbonyl (C=O) groups excluding carboxylic acids is 6. The normalized spacial score (nSPS) is 19.4. The molecule has 4 amide bonds. The Bertz CT molecular complexity index is 3250. The number of aliphatic carboxylic acids is 1. The van der Waals surface area contributed by atoms with Crippen molar-refractivity contribution < 1.29 is 72.6 Å². The zero-order valence-electron chi connectivity index (χ0n) is 65.8. The molecule has 0 saturated carbocycles. The molecule has 586 valence electrons. The molecule has 105 heavy (non-hydrogen) atoms. The average molecular weight is 1460 g/mol. The third kappa shape index (κ3) is 24.6. The van der Waals surface area contributed by atoms with Crippen molar-refractivity contribution in [3.63, 3.8) is 0 Å². The van der Waals surface area contributed by atoms with Gasteiger partial charge in [0, 0.05) is 79.3 Å². The summed E-state index contributed by atoms with van der Waals surface area (Å²) in [5, 5.41) is 36.9. The molecule has 20 heteroatoms. The second kappa shape index (κ2) is 44.4. The fourth-order valence-corrected chi connectivity index (χ4v) is 15.4. The van der Waals surface area contributed by atoms with E-state index in [9.17, 15) is 48.9 Å². The maximum Gasteiger partial charge on any atom is 0.306 e. The Morgan fingerprint density at radius 2 is 1.06 bits per heavy atom. The first-order valence-corrected chi connectivity index (χ1v) is 38.0. The lowest BCUT2D eigenvalue weighted by atomic mass is 9.85. The van der Waals surface area contributed by atoms with E-state index in [-0.39, 0.29) is 134 Å². The molecule has 20 nitrogen and oxygen atoms in total. The summed E-state index contributed by atoms with van der Waals surface area (Å²) < 4.78 is 28.7. The molecule has 1 aliphatic carbocycles. The highest BCUT2D eigenvalue weighted by Crippen LogP contribution is 2.45. The average Bonchev–Trinajstić information content (AvgIpc) is 1.61. The molecule has 4 aromatic carbocycles. The number of aliphatic hydroxyl groups excluding tert-OH is 2. The summed E-state index contributed by atoms with van der Waals surface area (Å²) in [6.07, 6.45) is 2.37. The van der Waals surface area contributed by atoms with Crippen LogP contribution in [0.25, 0.3) is 11.1 Å². The van der Waals surface area contributed by atoms with Gasteiger partial charge in [-0.05, 0) is 102 Å². The highest BCUT2D eigenvalue weighted by atomic mass is 16.5. The molecule has 18 atom stereocenters. The summed E-state index contributed by atoms with van der Waals surface area (Å²) in [5.74, 6) is -3.06. The molecule has 2 aliphatic heterocycles. The van der Waals surface area contributed by atoms with Crippen molar-refractivity contribution in [2.24, 2.45) is 53.3 Å². The van der Waals surface area contributed by atoms with Gasteiger partial charge in [0.05, 0.1) is 91.9 Å². The predicted molar refractivity (Wildman–Crippen MR) is 414 cm³/mol. The van der Waals surface area contributed by atoms with Crippen molar-refractivity contribution in [2.45, 2.75) is 234 Å². The van der Waals surface area contributed by atoms with Crippen LogP contribution in [0.2, 0.25) is 0 Å². The van der Waals surface area contributed by atoms with Crippen molar-refractivity contribution in [1.82, 2.24) is 25.3 Å². The van der Waals surface area contributed by atoms with E-state index in [4.69, 9.17) is 23.7 Å². The molecule has 2 heterocycles. The Hall–Kier alpha value is -6.91. The Morgan fingerprint density at radius 1 is 0.562 bits per heavy atom. The van der Waals surface area contributed by atoms with Gasteiger partial charge in [0.15, 0.2) is 0 Å². The maximum atomic E-state index is 13.9. The highest BCUT2D eigenvalue weighted by molar-refractivity contribution is 5.85. The van der Waals surface area contributed by atoms with E-state index >= 15 is 0 Å². The molecule has 0 spiro atoms. The Balaban J connectivity index is 0.000000345. The fourth-order valence-electron chi connectivity index (χ4n) is 15.4. The number of fused-ring (bicyclic) bond motifs is 3. The minimum atomic E-state index is -0.981. The van der Waals surface area contributed by atoms with Gasteiger partial charge in [-0.1, -0.05) is 213 Å². The summed E-state index contributed by atoms with van der Waals surface area (Å²) in [6.45, 7) is 27.3. The van der Waals surface area contributed by atoms with Crippen molar-refractivity contribution in [2.75, 3.05) is 62.2 Å². The van der Waals surface area contributed by atoms with Gasteiger partial charge in [0.25, 0.3) is 0 Å². The third-order valence-electron chi connectivity index (χ3n) is 22.6. The number of amides is 4. The largest absolute Gasteiger partial charge is 0.481 e. The van der Waals surface area contributed by atoms with Crippen LogP contribution >= 0.6 is 0 Å². The Kier molecular flexibility index (Phi) is 38.3. The number of rotatable bonds is 37. The van der Waals surface area contributed by atoms with Crippen LogP contribution in [-0.4, -0.2) is 188 Å². The smallest absolute Gasteiger partial charge is 0.306 e. The van der Waals surface area contributed by atoms with Crippen molar-refractivity contribution in [3.05, 3.63) is 131 Å². The lowest BCUT2D eigenvalue weighted by Gasteiger charge is -2.40. The fraction of sp³-hybridized carbons (Fsp3) is 0.635. The highest BCUT2D eigenvalue weighted by Gasteiger charge is 2.44. The number of aliphatic hydroxyl groups is 2. The number of ketones is 1. The van der Waals surface area contributed by atoms with Crippen LogP contribution in [0.4, 0.5) is 0 Å². The number of nitrogens with one attached hydrogen (secondary N) is 2. The van der Waals surface area contributed by atoms with E-state index in [2.05, 4.69) is 48.7 Å². The molecule has 2 saturated heterocycles. The molecular formula is C85H131N5O15. The predicted octanol–water partition coefficient (Wildman–Crippen LogP) is 13.2. The first kappa shape index (κ1) is 90.5. The number of methoxy groups -OCH3 is 4. The van der Waals surface area contributed by atoms with Gasteiger partial charge >= 0.3 is 11.9 Å². The zero-order valence-corrected chi connectivity index (χ0v) is 65.8. The summed E-state index contributed by atoms with van der Waals surface area (Å²) in [5.41, 5.74) is 6.18. The molecule has 0 radical (unpaired) electrons.